The lowest BCUT2D eigenvalue weighted by molar-refractivity contribution is -0.102. The summed E-state index contributed by atoms with van der Waals surface area (Å²) in [5, 5.41) is 9.84. The van der Waals surface area contributed by atoms with E-state index in [-0.39, 0.29) is 0 Å². The fourth-order valence-electron chi connectivity index (χ4n) is 3.36. The number of aliphatic hydroxyl groups excluding tert-OH is 1. The van der Waals surface area contributed by atoms with Crippen molar-refractivity contribution in [1.82, 2.24) is 0 Å². The highest BCUT2D eigenvalue weighted by molar-refractivity contribution is 4.91. The van der Waals surface area contributed by atoms with Gasteiger partial charge in [0.25, 0.3) is 0 Å². The summed E-state index contributed by atoms with van der Waals surface area (Å²) < 4.78 is 5.41. The van der Waals surface area contributed by atoms with Gasteiger partial charge in [-0.15, -0.1) is 0 Å². The van der Waals surface area contributed by atoms with Gasteiger partial charge in [-0.1, -0.05) is 27.2 Å². The molecular formula is C12H22O2. The summed E-state index contributed by atoms with van der Waals surface area (Å²) >= 11 is 0. The standard InChI is InChI=1S/C12H22O2/c1-7(2)9-5-4-8(3)10-6-14-12(13)11(9)10/h7-13H,4-6H2,1-3H3. The Hall–Kier alpha value is -0.0800. The number of fused-ring (bicyclic) bond motifs is 1. The van der Waals surface area contributed by atoms with E-state index in [2.05, 4.69) is 20.8 Å². The lowest BCUT2D eigenvalue weighted by Gasteiger charge is -2.39. The molecule has 0 amide bonds. The van der Waals surface area contributed by atoms with Crippen molar-refractivity contribution in [1.29, 1.82) is 0 Å². The van der Waals surface area contributed by atoms with Gasteiger partial charge < -0.3 is 9.84 Å². The van der Waals surface area contributed by atoms with Crippen LogP contribution in [-0.4, -0.2) is 18.0 Å². The third-order valence-electron chi connectivity index (χ3n) is 4.32. The maximum Gasteiger partial charge on any atom is 0.157 e. The maximum absolute atomic E-state index is 9.84. The van der Waals surface area contributed by atoms with Gasteiger partial charge in [0.05, 0.1) is 6.61 Å². The third-order valence-corrected chi connectivity index (χ3v) is 4.32. The van der Waals surface area contributed by atoms with Gasteiger partial charge in [0.2, 0.25) is 0 Å². The Morgan fingerprint density at radius 1 is 1.29 bits per heavy atom. The quantitative estimate of drug-likeness (QED) is 0.700. The van der Waals surface area contributed by atoms with E-state index in [0.29, 0.717) is 23.7 Å². The highest BCUT2D eigenvalue weighted by Gasteiger charge is 2.47. The fraction of sp³-hybridized carbons (Fsp3) is 1.00. The van der Waals surface area contributed by atoms with E-state index in [1.54, 1.807) is 0 Å². The Kier molecular flexibility index (Phi) is 2.85. The molecule has 2 rings (SSSR count). The van der Waals surface area contributed by atoms with Crippen LogP contribution in [0.3, 0.4) is 0 Å². The summed E-state index contributed by atoms with van der Waals surface area (Å²) in [5.41, 5.74) is 0. The van der Waals surface area contributed by atoms with Gasteiger partial charge in [-0.3, -0.25) is 0 Å². The zero-order chi connectivity index (χ0) is 10.3. The first-order chi connectivity index (χ1) is 6.61. The van der Waals surface area contributed by atoms with Crippen LogP contribution in [0.4, 0.5) is 0 Å². The highest BCUT2D eigenvalue weighted by atomic mass is 16.6. The van der Waals surface area contributed by atoms with E-state index in [4.69, 9.17) is 4.74 Å². The van der Waals surface area contributed by atoms with Crippen molar-refractivity contribution in [2.45, 2.75) is 39.9 Å². The second-order valence-electron chi connectivity index (χ2n) is 5.43. The second kappa shape index (κ2) is 3.82. The molecule has 1 saturated heterocycles. The van der Waals surface area contributed by atoms with Gasteiger partial charge in [-0.05, 0) is 30.1 Å². The van der Waals surface area contributed by atoms with Crippen LogP contribution in [0.25, 0.3) is 0 Å². The van der Waals surface area contributed by atoms with Gasteiger partial charge in [0.1, 0.15) is 0 Å². The Balaban J connectivity index is 2.15. The van der Waals surface area contributed by atoms with Crippen molar-refractivity contribution in [2.75, 3.05) is 6.61 Å². The molecule has 1 aliphatic carbocycles. The number of hydrogen-bond donors (Lipinski definition) is 1. The molecule has 2 heteroatoms. The minimum absolute atomic E-state index is 0.402. The maximum atomic E-state index is 9.84. The second-order valence-corrected chi connectivity index (χ2v) is 5.43. The first kappa shape index (κ1) is 10.4. The molecule has 1 N–H and O–H groups in total. The molecular weight excluding hydrogens is 176 g/mol. The lowest BCUT2D eigenvalue weighted by atomic mass is 9.65. The summed E-state index contributed by atoms with van der Waals surface area (Å²) in [6.45, 7) is 7.61. The Morgan fingerprint density at radius 2 is 2.00 bits per heavy atom. The third kappa shape index (κ3) is 1.59. The first-order valence-corrected chi connectivity index (χ1v) is 5.91. The summed E-state index contributed by atoms with van der Waals surface area (Å²) in [6.07, 6.45) is 2.08. The van der Waals surface area contributed by atoms with Crippen LogP contribution < -0.4 is 0 Å². The molecule has 0 aromatic carbocycles. The predicted molar refractivity (Wildman–Crippen MR) is 55.7 cm³/mol. The van der Waals surface area contributed by atoms with Crippen molar-refractivity contribution >= 4 is 0 Å². The smallest absolute Gasteiger partial charge is 0.157 e. The average molecular weight is 198 g/mol. The van der Waals surface area contributed by atoms with Gasteiger partial charge in [0, 0.05) is 5.92 Å². The van der Waals surface area contributed by atoms with Crippen LogP contribution in [0.2, 0.25) is 0 Å². The summed E-state index contributed by atoms with van der Waals surface area (Å²) in [5.74, 6) is 3.07. The zero-order valence-corrected chi connectivity index (χ0v) is 9.44. The monoisotopic (exact) mass is 198 g/mol. The Morgan fingerprint density at radius 3 is 2.64 bits per heavy atom. The molecule has 0 bridgehead atoms. The van der Waals surface area contributed by atoms with E-state index >= 15 is 0 Å². The summed E-state index contributed by atoms with van der Waals surface area (Å²) in [4.78, 5) is 0. The van der Waals surface area contributed by atoms with E-state index < -0.39 is 6.29 Å². The summed E-state index contributed by atoms with van der Waals surface area (Å²) in [6, 6.07) is 0. The van der Waals surface area contributed by atoms with Crippen molar-refractivity contribution in [3.05, 3.63) is 0 Å². The normalized spacial score (nSPS) is 48.2. The van der Waals surface area contributed by atoms with Crippen LogP contribution in [0.5, 0.6) is 0 Å². The van der Waals surface area contributed by atoms with Gasteiger partial charge >= 0.3 is 0 Å². The van der Waals surface area contributed by atoms with E-state index in [0.717, 1.165) is 12.5 Å². The van der Waals surface area contributed by atoms with Crippen LogP contribution in [0.1, 0.15) is 33.6 Å². The van der Waals surface area contributed by atoms with Crippen LogP contribution >= 0.6 is 0 Å². The number of aliphatic hydroxyl groups is 1. The molecule has 0 spiro atoms. The molecule has 5 atom stereocenters. The molecule has 2 fully saturated rings. The molecule has 1 saturated carbocycles. The molecule has 1 aliphatic heterocycles. The first-order valence-electron chi connectivity index (χ1n) is 5.91. The van der Waals surface area contributed by atoms with Crippen molar-refractivity contribution < 1.29 is 9.84 Å². The molecule has 2 aliphatic rings. The number of ether oxygens (including phenoxy) is 1. The molecule has 14 heavy (non-hydrogen) atoms. The molecule has 2 nitrogen and oxygen atoms in total. The Bertz CT molecular complexity index is 202. The van der Waals surface area contributed by atoms with Crippen LogP contribution in [0, 0.1) is 29.6 Å². The number of rotatable bonds is 1. The highest BCUT2D eigenvalue weighted by Crippen LogP contribution is 2.47. The summed E-state index contributed by atoms with van der Waals surface area (Å²) in [7, 11) is 0. The minimum Gasteiger partial charge on any atom is -0.368 e. The van der Waals surface area contributed by atoms with Crippen molar-refractivity contribution in [3.8, 4) is 0 Å². The minimum atomic E-state index is -0.491. The molecule has 0 radical (unpaired) electrons. The molecule has 0 aromatic heterocycles. The number of hydrogen-bond acceptors (Lipinski definition) is 2. The molecule has 5 unspecified atom stereocenters. The van der Waals surface area contributed by atoms with Gasteiger partial charge in [-0.2, -0.15) is 0 Å². The lowest BCUT2D eigenvalue weighted by Crippen LogP contribution is -2.38. The van der Waals surface area contributed by atoms with Crippen molar-refractivity contribution in [2.24, 2.45) is 29.6 Å². The topological polar surface area (TPSA) is 29.5 Å². The van der Waals surface area contributed by atoms with E-state index in [1.807, 2.05) is 0 Å². The van der Waals surface area contributed by atoms with Crippen LogP contribution in [-0.2, 0) is 4.74 Å². The molecule has 1 heterocycles. The van der Waals surface area contributed by atoms with Gasteiger partial charge in [0.15, 0.2) is 6.29 Å². The molecule has 82 valence electrons. The average Bonchev–Trinajstić information content (AvgIpc) is 2.50. The zero-order valence-electron chi connectivity index (χ0n) is 9.44. The van der Waals surface area contributed by atoms with Crippen LogP contribution in [0.15, 0.2) is 0 Å². The van der Waals surface area contributed by atoms with Crippen molar-refractivity contribution in [3.63, 3.8) is 0 Å². The van der Waals surface area contributed by atoms with Gasteiger partial charge in [-0.25, -0.2) is 0 Å². The Labute approximate surface area is 86.6 Å². The molecule has 0 aromatic rings. The van der Waals surface area contributed by atoms with E-state index in [9.17, 15) is 5.11 Å². The SMILES string of the molecule is CC(C)C1CCC(C)C2COC(O)C12. The van der Waals surface area contributed by atoms with E-state index in [1.165, 1.54) is 12.8 Å². The fourth-order valence-corrected chi connectivity index (χ4v) is 3.36. The largest absolute Gasteiger partial charge is 0.368 e. The predicted octanol–water partition coefficient (Wildman–Crippen LogP) is 2.27.